The van der Waals surface area contributed by atoms with Gasteiger partial charge in [0.05, 0.1) is 34.9 Å². The molecule has 4 heterocycles. The van der Waals surface area contributed by atoms with Crippen LogP contribution in [0.3, 0.4) is 0 Å². The summed E-state index contributed by atoms with van der Waals surface area (Å²) in [6, 6.07) is 8.96. The topological polar surface area (TPSA) is 111 Å². The first-order chi connectivity index (χ1) is 12.6. The lowest BCUT2D eigenvalue weighted by atomic mass is 10.1. The lowest BCUT2D eigenvalue weighted by molar-refractivity contribution is 0.0546. The van der Waals surface area contributed by atoms with Gasteiger partial charge in [0, 0.05) is 17.4 Å². The zero-order chi connectivity index (χ0) is 18.3. The number of hydrogen-bond donors (Lipinski definition) is 1. The van der Waals surface area contributed by atoms with E-state index in [-0.39, 0.29) is 5.69 Å². The molecule has 0 atom stereocenters. The minimum Gasteiger partial charge on any atom is -0.398 e. The van der Waals surface area contributed by atoms with Crippen molar-refractivity contribution in [3.63, 3.8) is 0 Å². The zero-order valence-corrected chi connectivity index (χ0v) is 13.1. The summed E-state index contributed by atoms with van der Waals surface area (Å²) in [5.74, 6) is 0. The van der Waals surface area contributed by atoms with Crippen LogP contribution in [-0.2, 0) is 0 Å². The van der Waals surface area contributed by atoms with Crippen LogP contribution in [-0.4, -0.2) is 29.6 Å². The van der Waals surface area contributed by atoms with E-state index < -0.39 is 6.55 Å². The number of hydrogen-bond acceptors (Lipinski definition) is 6. The van der Waals surface area contributed by atoms with Gasteiger partial charge in [0.15, 0.2) is 0 Å². The van der Waals surface area contributed by atoms with Crippen molar-refractivity contribution in [2.24, 2.45) is 0 Å². The van der Waals surface area contributed by atoms with Crippen LogP contribution in [0.4, 0.5) is 14.5 Å². The molecule has 0 saturated carbocycles. The van der Waals surface area contributed by atoms with Crippen molar-refractivity contribution in [3.05, 3.63) is 48.4 Å². The molecule has 0 aliphatic heterocycles. The van der Waals surface area contributed by atoms with Gasteiger partial charge in [-0.2, -0.15) is 23.8 Å². The fourth-order valence-corrected chi connectivity index (χ4v) is 2.57. The predicted molar refractivity (Wildman–Crippen MR) is 87.8 cm³/mol. The number of pyridine rings is 1. The molecule has 4 aromatic rings. The van der Waals surface area contributed by atoms with Gasteiger partial charge in [0.2, 0.25) is 0 Å². The van der Waals surface area contributed by atoms with Crippen molar-refractivity contribution >= 4 is 11.2 Å². The predicted octanol–water partition coefficient (Wildman–Crippen LogP) is 2.50. The molecule has 2 N–H and O–H groups in total. The maximum Gasteiger partial charge on any atom is 0.334 e. The standard InChI is InChI=1S/C16H10F2N8/c17-16(18)25-8-14(23-24-25)11-7-21-13(4-12(11)20)15-2-1-10-3-9(5-19)6-22-26(10)15/h1-4,6-8,16H,(H2,20,21). The Balaban J connectivity index is 1.75. The Hall–Kier alpha value is -3.87. The lowest BCUT2D eigenvalue weighted by Crippen LogP contribution is -1.98. The summed E-state index contributed by atoms with van der Waals surface area (Å²) in [4.78, 5) is 4.33. The maximum absolute atomic E-state index is 12.6. The number of nitrogens with zero attached hydrogens (tertiary/aromatic N) is 7. The van der Waals surface area contributed by atoms with Crippen molar-refractivity contribution in [1.29, 1.82) is 5.26 Å². The molecule has 128 valence electrons. The van der Waals surface area contributed by atoms with Gasteiger partial charge in [-0.15, -0.1) is 5.10 Å². The van der Waals surface area contributed by atoms with Crippen LogP contribution in [0.15, 0.2) is 42.9 Å². The smallest absolute Gasteiger partial charge is 0.334 e. The van der Waals surface area contributed by atoms with Crippen LogP contribution in [0, 0.1) is 11.3 Å². The third-order valence-electron chi connectivity index (χ3n) is 3.81. The first-order valence-corrected chi connectivity index (χ1v) is 7.41. The van der Waals surface area contributed by atoms with E-state index >= 15 is 0 Å². The fraction of sp³-hybridized carbons (Fsp3) is 0.0625. The molecule has 26 heavy (non-hydrogen) atoms. The van der Waals surface area contributed by atoms with Crippen molar-refractivity contribution in [1.82, 2.24) is 29.6 Å². The van der Waals surface area contributed by atoms with E-state index in [1.54, 1.807) is 22.7 Å². The second-order valence-corrected chi connectivity index (χ2v) is 5.43. The highest BCUT2D eigenvalue weighted by atomic mass is 19.3. The molecule has 0 aliphatic carbocycles. The first kappa shape index (κ1) is 15.6. The normalized spacial score (nSPS) is 11.2. The number of nitrogen functional groups attached to an aromatic ring is 1. The Bertz CT molecular complexity index is 1150. The van der Waals surface area contributed by atoms with E-state index in [2.05, 4.69) is 20.4 Å². The molecule has 0 amide bonds. The quantitative estimate of drug-likeness (QED) is 0.606. The van der Waals surface area contributed by atoms with Crippen LogP contribution in [0.2, 0.25) is 0 Å². The van der Waals surface area contributed by atoms with Crippen LogP contribution in [0.5, 0.6) is 0 Å². The minimum atomic E-state index is -2.78. The van der Waals surface area contributed by atoms with E-state index in [9.17, 15) is 8.78 Å². The van der Waals surface area contributed by atoms with Crippen molar-refractivity contribution < 1.29 is 8.78 Å². The van der Waals surface area contributed by atoms with Gasteiger partial charge < -0.3 is 5.73 Å². The molecule has 10 heteroatoms. The second-order valence-electron chi connectivity index (χ2n) is 5.43. The number of alkyl halides is 2. The first-order valence-electron chi connectivity index (χ1n) is 7.41. The average molecular weight is 352 g/mol. The molecule has 8 nitrogen and oxygen atoms in total. The number of aromatic nitrogens is 6. The molecule has 0 spiro atoms. The van der Waals surface area contributed by atoms with E-state index in [1.807, 2.05) is 12.1 Å². The largest absolute Gasteiger partial charge is 0.398 e. The minimum absolute atomic E-state index is 0.207. The summed E-state index contributed by atoms with van der Waals surface area (Å²) >= 11 is 0. The highest BCUT2D eigenvalue weighted by Gasteiger charge is 2.15. The van der Waals surface area contributed by atoms with Gasteiger partial charge in [-0.1, -0.05) is 5.21 Å². The highest BCUT2D eigenvalue weighted by molar-refractivity contribution is 5.77. The van der Waals surface area contributed by atoms with Gasteiger partial charge in [-0.25, -0.2) is 4.52 Å². The maximum atomic E-state index is 12.6. The Labute approximate surface area is 145 Å². The molecule has 0 unspecified atom stereocenters. The van der Waals surface area contributed by atoms with Crippen LogP contribution in [0.25, 0.3) is 28.2 Å². The lowest BCUT2D eigenvalue weighted by Gasteiger charge is -2.06. The zero-order valence-electron chi connectivity index (χ0n) is 13.1. The third-order valence-corrected chi connectivity index (χ3v) is 3.81. The number of nitriles is 1. The van der Waals surface area contributed by atoms with Gasteiger partial charge in [0.1, 0.15) is 11.8 Å². The molecular weight excluding hydrogens is 342 g/mol. The highest BCUT2D eigenvalue weighted by Crippen LogP contribution is 2.28. The van der Waals surface area contributed by atoms with E-state index in [1.165, 1.54) is 12.4 Å². The molecule has 0 aliphatic rings. The summed E-state index contributed by atoms with van der Waals surface area (Å²) < 4.78 is 27.3. The van der Waals surface area contributed by atoms with Crippen molar-refractivity contribution in [2.75, 3.05) is 5.73 Å². The van der Waals surface area contributed by atoms with E-state index in [0.717, 1.165) is 11.7 Å². The molecule has 4 aromatic heterocycles. The fourth-order valence-electron chi connectivity index (χ4n) is 2.57. The molecule has 0 bridgehead atoms. The summed E-state index contributed by atoms with van der Waals surface area (Å²) in [6.45, 7) is -2.78. The number of rotatable bonds is 3. The Morgan fingerprint density at radius 1 is 1.15 bits per heavy atom. The molecule has 0 saturated heterocycles. The van der Waals surface area contributed by atoms with Gasteiger partial charge >= 0.3 is 6.55 Å². The Morgan fingerprint density at radius 3 is 2.69 bits per heavy atom. The monoisotopic (exact) mass is 352 g/mol. The van der Waals surface area contributed by atoms with Gasteiger partial charge in [0.25, 0.3) is 0 Å². The summed E-state index contributed by atoms with van der Waals surface area (Å²) in [5.41, 5.74) is 9.40. The van der Waals surface area contributed by atoms with Crippen LogP contribution < -0.4 is 5.73 Å². The van der Waals surface area contributed by atoms with Gasteiger partial charge in [-0.05, 0) is 24.3 Å². The summed E-state index contributed by atoms with van der Waals surface area (Å²) in [7, 11) is 0. The molecular formula is C16H10F2N8. The molecule has 0 radical (unpaired) electrons. The number of halogens is 2. The van der Waals surface area contributed by atoms with Crippen molar-refractivity contribution in [2.45, 2.75) is 6.55 Å². The number of anilines is 1. The van der Waals surface area contributed by atoms with Crippen LogP contribution >= 0.6 is 0 Å². The Kier molecular flexibility index (Phi) is 3.54. The van der Waals surface area contributed by atoms with Crippen LogP contribution in [0.1, 0.15) is 12.1 Å². The number of nitrogens with two attached hydrogens (primary N) is 1. The van der Waals surface area contributed by atoms with Crippen molar-refractivity contribution in [3.8, 4) is 28.7 Å². The summed E-state index contributed by atoms with van der Waals surface area (Å²) in [5, 5.41) is 20.2. The second kappa shape index (κ2) is 5.89. The molecule has 0 aromatic carbocycles. The average Bonchev–Trinajstić information content (AvgIpc) is 3.28. The third kappa shape index (κ3) is 2.51. The molecule has 4 rings (SSSR count). The van der Waals surface area contributed by atoms with Gasteiger partial charge in [-0.3, -0.25) is 4.98 Å². The number of fused-ring (bicyclic) bond motifs is 1. The SMILES string of the molecule is N#Cc1cnn2c(-c3cc(N)c(-c4cn(C(F)F)nn4)cn3)ccc2c1. The van der Waals surface area contributed by atoms with E-state index in [4.69, 9.17) is 11.0 Å². The Morgan fingerprint density at radius 2 is 2.00 bits per heavy atom. The molecule has 0 fully saturated rings. The summed E-state index contributed by atoms with van der Waals surface area (Å²) in [6.07, 6.45) is 4.01. The van der Waals surface area contributed by atoms with E-state index in [0.29, 0.717) is 32.9 Å².